The zero-order valence-electron chi connectivity index (χ0n) is 10.2. The van der Waals surface area contributed by atoms with Crippen molar-refractivity contribution in [3.63, 3.8) is 0 Å². The van der Waals surface area contributed by atoms with Crippen LogP contribution in [0.25, 0.3) is 0 Å². The lowest BCUT2D eigenvalue weighted by Crippen LogP contribution is -2.27. The van der Waals surface area contributed by atoms with E-state index in [4.69, 9.17) is 10.5 Å². The highest BCUT2D eigenvalue weighted by molar-refractivity contribution is 5.45. The number of nitrogens with two attached hydrogens (primary N) is 1. The first-order valence-electron chi connectivity index (χ1n) is 6.02. The molecule has 1 aliphatic heterocycles. The monoisotopic (exact) mass is 276 g/mol. The second-order valence-corrected chi connectivity index (χ2v) is 4.37. The highest BCUT2D eigenvalue weighted by Gasteiger charge is 2.35. The summed E-state index contributed by atoms with van der Waals surface area (Å²) in [4.78, 5) is 6.58. The number of nitrogens with zero attached hydrogens (tertiary/aromatic N) is 2. The van der Waals surface area contributed by atoms with E-state index in [0.717, 1.165) is 19.3 Å². The zero-order valence-corrected chi connectivity index (χ0v) is 10.2. The summed E-state index contributed by atoms with van der Waals surface area (Å²) in [6.45, 7) is 1.10. The summed E-state index contributed by atoms with van der Waals surface area (Å²) in [6, 6.07) is 1.28. The summed E-state index contributed by atoms with van der Waals surface area (Å²) in [5, 5.41) is 2.81. The SMILES string of the molecule is Nc1cc(NCC2CCCCO2)nc(C(F)(F)F)n1. The van der Waals surface area contributed by atoms with Crippen LogP contribution in [0.4, 0.5) is 24.8 Å². The third-order valence-corrected chi connectivity index (χ3v) is 2.78. The van der Waals surface area contributed by atoms with Gasteiger partial charge in [0.15, 0.2) is 0 Å². The first-order chi connectivity index (χ1) is 8.95. The maximum absolute atomic E-state index is 12.5. The van der Waals surface area contributed by atoms with Crippen LogP contribution in [0.1, 0.15) is 25.1 Å². The number of nitrogens with one attached hydrogen (secondary N) is 1. The number of nitrogen functional groups attached to an aromatic ring is 1. The lowest BCUT2D eigenvalue weighted by atomic mass is 10.1. The van der Waals surface area contributed by atoms with Gasteiger partial charge in [0.25, 0.3) is 0 Å². The minimum atomic E-state index is -4.60. The number of halogens is 3. The molecule has 0 aliphatic carbocycles. The number of alkyl halides is 3. The van der Waals surface area contributed by atoms with Crippen LogP contribution in [0.15, 0.2) is 6.07 Å². The zero-order chi connectivity index (χ0) is 13.9. The number of hydrogen-bond acceptors (Lipinski definition) is 5. The van der Waals surface area contributed by atoms with E-state index in [-0.39, 0.29) is 17.7 Å². The summed E-state index contributed by atoms with van der Waals surface area (Å²) in [5.41, 5.74) is 5.34. The van der Waals surface area contributed by atoms with E-state index >= 15 is 0 Å². The molecule has 0 aromatic carbocycles. The van der Waals surface area contributed by atoms with Gasteiger partial charge in [0.05, 0.1) is 6.10 Å². The summed E-state index contributed by atoms with van der Waals surface area (Å²) >= 11 is 0. The summed E-state index contributed by atoms with van der Waals surface area (Å²) < 4.78 is 43.0. The van der Waals surface area contributed by atoms with Crippen molar-refractivity contribution in [1.29, 1.82) is 0 Å². The molecule has 0 saturated carbocycles. The Labute approximate surface area is 108 Å². The maximum Gasteiger partial charge on any atom is 0.451 e. The van der Waals surface area contributed by atoms with E-state index in [2.05, 4.69) is 15.3 Å². The number of aromatic nitrogens is 2. The molecule has 0 amide bonds. The van der Waals surface area contributed by atoms with Crippen LogP contribution >= 0.6 is 0 Å². The molecule has 0 bridgehead atoms. The van der Waals surface area contributed by atoms with E-state index < -0.39 is 12.0 Å². The van der Waals surface area contributed by atoms with Gasteiger partial charge in [0.1, 0.15) is 11.6 Å². The molecule has 0 radical (unpaired) electrons. The molecule has 1 saturated heterocycles. The first kappa shape index (κ1) is 13.9. The molecular formula is C11H15F3N4O. The highest BCUT2D eigenvalue weighted by Crippen LogP contribution is 2.27. The van der Waals surface area contributed by atoms with E-state index in [0.29, 0.717) is 13.2 Å². The summed E-state index contributed by atoms with van der Waals surface area (Å²) in [6.07, 6.45) is -1.63. The van der Waals surface area contributed by atoms with Crippen LogP contribution < -0.4 is 11.1 Å². The predicted molar refractivity (Wildman–Crippen MR) is 63.5 cm³/mol. The topological polar surface area (TPSA) is 73.1 Å². The van der Waals surface area contributed by atoms with Gasteiger partial charge in [-0.3, -0.25) is 0 Å². The molecule has 1 fully saturated rings. The lowest BCUT2D eigenvalue weighted by Gasteiger charge is -2.23. The van der Waals surface area contributed by atoms with Crippen LogP contribution in [0.2, 0.25) is 0 Å². The smallest absolute Gasteiger partial charge is 0.384 e. The Morgan fingerprint density at radius 3 is 2.79 bits per heavy atom. The Kier molecular flexibility index (Phi) is 4.08. The largest absolute Gasteiger partial charge is 0.451 e. The van der Waals surface area contributed by atoms with Crippen molar-refractivity contribution in [3.05, 3.63) is 11.9 Å². The van der Waals surface area contributed by atoms with Crippen LogP contribution in [-0.4, -0.2) is 29.2 Å². The molecule has 1 aromatic heterocycles. The van der Waals surface area contributed by atoms with Crippen molar-refractivity contribution in [2.45, 2.75) is 31.5 Å². The number of rotatable bonds is 3. The molecule has 1 atom stereocenters. The minimum Gasteiger partial charge on any atom is -0.384 e. The number of hydrogen-bond donors (Lipinski definition) is 2. The van der Waals surface area contributed by atoms with Crippen LogP contribution in [0.5, 0.6) is 0 Å². The molecule has 2 rings (SSSR count). The van der Waals surface area contributed by atoms with Crippen molar-refractivity contribution in [2.24, 2.45) is 0 Å². The molecule has 0 spiro atoms. The lowest BCUT2D eigenvalue weighted by molar-refractivity contribution is -0.144. The normalized spacial score (nSPS) is 20.3. The first-order valence-corrected chi connectivity index (χ1v) is 6.02. The molecule has 106 valence electrons. The van der Waals surface area contributed by atoms with E-state index in [1.807, 2.05) is 0 Å². The highest BCUT2D eigenvalue weighted by atomic mass is 19.4. The van der Waals surface area contributed by atoms with Crippen molar-refractivity contribution in [3.8, 4) is 0 Å². The van der Waals surface area contributed by atoms with Gasteiger partial charge < -0.3 is 15.8 Å². The van der Waals surface area contributed by atoms with Crippen molar-refractivity contribution in [1.82, 2.24) is 9.97 Å². The average Bonchev–Trinajstić information content (AvgIpc) is 2.36. The molecule has 2 heterocycles. The molecule has 1 aromatic rings. The van der Waals surface area contributed by atoms with Crippen molar-refractivity contribution >= 4 is 11.6 Å². The second kappa shape index (κ2) is 5.60. The van der Waals surface area contributed by atoms with Gasteiger partial charge in [-0.1, -0.05) is 0 Å². The van der Waals surface area contributed by atoms with Gasteiger partial charge in [-0.2, -0.15) is 13.2 Å². The quantitative estimate of drug-likeness (QED) is 0.884. The third kappa shape index (κ3) is 3.95. The Balaban J connectivity index is 2.01. The summed E-state index contributed by atoms with van der Waals surface area (Å²) in [7, 11) is 0. The number of ether oxygens (including phenoxy) is 1. The summed E-state index contributed by atoms with van der Waals surface area (Å²) in [5.74, 6) is -1.39. The molecule has 1 aliphatic rings. The van der Waals surface area contributed by atoms with Gasteiger partial charge in [-0.15, -0.1) is 0 Å². The second-order valence-electron chi connectivity index (χ2n) is 4.37. The van der Waals surface area contributed by atoms with Crippen LogP contribution in [-0.2, 0) is 10.9 Å². The van der Waals surface area contributed by atoms with Crippen molar-refractivity contribution in [2.75, 3.05) is 24.2 Å². The van der Waals surface area contributed by atoms with Gasteiger partial charge >= 0.3 is 6.18 Å². The fourth-order valence-corrected chi connectivity index (χ4v) is 1.87. The third-order valence-electron chi connectivity index (χ3n) is 2.78. The van der Waals surface area contributed by atoms with Gasteiger partial charge in [-0.25, -0.2) is 9.97 Å². The number of anilines is 2. The fourth-order valence-electron chi connectivity index (χ4n) is 1.87. The van der Waals surface area contributed by atoms with E-state index in [1.165, 1.54) is 6.07 Å². The molecular weight excluding hydrogens is 261 g/mol. The average molecular weight is 276 g/mol. The molecule has 1 unspecified atom stereocenters. The maximum atomic E-state index is 12.5. The van der Waals surface area contributed by atoms with Gasteiger partial charge in [0, 0.05) is 19.2 Å². The fraction of sp³-hybridized carbons (Fsp3) is 0.636. The van der Waals surface area contributed by atoms with E-state index in [9.17, 15) is 13.2 Å². The van der Waals surface area contributed by atoms with Crippen molar-refractivity contribution < 1.29 is 17.9 Å². The predicted octanol–water partition coefficient (Wildman–Crippen LogP) is 2.06. The Morgan fingerprint density at radius 2 is 2.16 bits per heavy atom. The molecule has 8 heteroatoms. The Morgan fingerprint density at radius 1 is 1.37 bits per heavy atom. The van der Waals surface area contributed by atoms with Crippen LogP contribution in [0, 0.1) is 0 Å². The Hall–Kier alpha value is -1.57. The standard InChI is InChI=1S/C11H15F3N4O/c12-11(13,14)10-17-8(15)5-9(18-10)16-6-7-3-1-2-4-19-7/h5,7H,1-4,6H2,(H3,15,16,17,18). The Bertz CT molecular complexity index is 432. The molecule has 19 heavy (non-hydrogen) atoms. The molecule has 5 nitrogen and oxygen atoms in total. The van der Waals surface area contributed by atoms with Gasteiger partial charge in [0.2, 0.25) is 5.82 Å². The van der Waals surface area contributed by atoms with Crippen LogP contribution in [0.3, 0.4) is 0 Å². The van der Waals surface area contributed by atoms with E-state index in [1.54, 1.807) is 0 Å². The molecule has 3 N–H and O–H groups in total. The minimum absolute atomic E-state index is 0.000670. The van der Waals surface area contributed by atoms with Gasteiger partial charge in [-0.05, 0) is 19.3 Å².